The maximum absolute atomic E-state index is 11.6. The summed E-state index contributed by atoms with van der Waals surface area (Å²) in [5, 5.41) is 1.71. The first-order valence-corrected chi connectivity index (χ1v) is 9.97. The van der Waals surface area contributed by atoms with Crippen LogP contribution in [0.5, 0.6) is 0 Å². The van der Waals surface area contributed by atoms with Crippen molar-refractivity contribution in [3.8, 4) is 0 Å². The molecule has 1 aliphatic carbocycles. The zero-order valence-electron chi connectivity index (χ0n) is 15.2. The summed E-state index contributed by atoms with van der Waals surface area (Å²) in [6.07, 6.45) is 6.20. The lowest BCUT2D eigenvalue weighted by Gasteiger charge is -2.35. The zero-order valence-corrected chi connectivity index (χ0v) is 16.0. The van der Waals surface area contributed by atoms with E-state index in [0.29, 0.717) is 10.9 Å². The highest BCUT2D eigenvalue weighted by Crippen LogP contribution is 2.34. The van der Waals surface area contributed by atoms with Crippen molar-refractivity contribution in [2.24, 2.45) is 0 Å². The molecule has 4 rings (SSSR count). The van der Waals surface area contributed by atoms with Crippen molar-refractivity contribution in [1.82, 2.24) is 14.9 Å². The van der Waals surface area contributed by atoms with Gasteiger partial charge in [0.15, 0.2) is 0 Å². The van der Waals surface area contributed by atoms with E-state index in [9.17, 15) is 4.79 Å². The minimum Gasteiger partial charge on any atom is -0.352 e. The van der Waals surface area contributed by atoms with Crippen molar-refractivity contribution in [1.29, 1.82) is 0 Å². The molecule has 1 aromatic carbocycles. The quantitative estimate of drug-likeness (QED) is 0.799. The molecule has 5 nitrogen and oxygen atoms in total. The lowest BCUT2D eigenvalue weighted by molar-refractivity contribution is -0.129. The standard InChI is InChI=1S/C20H25ClN4O/c1-14(26)24-9-11-25(12-10-24)20-17-13-16(21)7-8-18(17)22-19(23-20)15-5-3-2-4-6-15/h7-8,13,15H,2-6,9-12H2,1H3. The van der Waals surface area contributed by atoms with Gasteiger partial charge in [-0.3, -0.25) is 4.79 Å². The van der Waals surface area contributed by atoms with Gasteiger partial charge in [-0.2, -0.15) is 0 Å². The van der Waals surface area contributed by atoms with Gasteiger partial charge in [0.25, 0.3) is 0 Å². The predicted octanol–water partition coefficient (Wildman–Crippen LogP) is 4.00. The van der Waals surface area contributed by atoms with Crippen LogP contribution in [0.4, 0.5) is 5.82 Å². The van der Waals surface area contributed by atoms with E-state index in [4.69, 9.17) is 21.6 Å². The van der Waals surface area contributed by atoms with Crippen molar-refractivity contribution in [2.75, 3.05) is 31.1 Å². The minimum absolute atomic E-state index is 0.142. The van der Waals surface area contributed by atoms with E-state index in [0.717, 1.165) is 48.7 Å². The number of fused-ring (bicyclic) bond motifs is 1. The monoisotopic (exact) mass is 372 g/mol. The summed E-state index contributed by atoms with van der Waals surface area (Å²) < 4.78 is 0. The molecule has 2 fully saturated rings. The Bertz CT molecular complexity index is 811. The molecule has 1 aromatic heterocycles. The van der Waals surface area contributed by atoms with Gasteiger partial charge in [-0.15, -0.1) is 0 Å². The molecule has 0 atom stereocenters. The van der Waals surface area contributed by atoms with Gasteiger partial charge >= 0.3 is 0 Å². The van der Waals surface area contributed by atoms with Crippen LogP contribution >= 0.6 is 11.6 Å². The average Bonchev–Trinajstić information content (AvgIpc) is 2.68. The summed E-state index contributed by atoms with van der Waals surface area (Å²) in [7, 11) is 0. The molecule has 0 radical (unpaired) electrons. The van der Waals surface area contributed by atoms with E-state index in [1.54, 1.807) is 6.92 Å². The van der Waals surface area contributed by atoms with E-state index >= 15 is 0 Å². The number of amides is 1. The first kappa shape index (κ1) is 17.5. The van der Waals surface area contributed by atoms with Gasteiger partial charge in [-0.05, 0) is 31.0 Å². The molecule has 26 heavy (non-hydrogen) atoms. The number of carbonyl (C=O) groups excluding carboxylic acids is 1. The third-order valence-electron chi connectivity index (χ3n) is 5.65. The highest BCUT2D eigenvalue weighted by molar-refractivity contribution is 6.31. The summed E-state index contributed by atoms with van der Waals surface area (Å²) in [5.74, 6) is 2.55. The second kappa shape index (κ2) is 7.39. The number of hydrogen-bond acceptors (Lipinski definition) is 4. The molecule has 0 N–H and O–H groups in total. The SMILES string of the molecule is CC(=O)N1CCN(c2nc(C3CCCCC3)nc3ccc(Cl)cc23)CC1. The van der Waals surface area contributed by atoms with Crippen LogP contribution in [0.1, 0.15) is 50.8 Å². The number of benzene rings is 1. The molecule has 1 amide bonds. The lowest BCUT2D eigenvalue weighted by Crippen LogP contribution is -2.48. The Hall–Kier alpha value is -1.88. The van der Waals surface area contributed by atoms with Crippen LogP contribution in [-0.2, 0) is 4.79 Å². The number of anilines is 1. The molecule has 2 heterocycles. The van der Waals surface area contributed by atoms with Gasteiger partial charge in [0.1, 0.15) is 11.6 Å². The number of rotatable bonds is 2. The average molecular weight is 373 g/mol. The number of carbonyl (C=O) groups is 1. The Labute approximate surface area is 159 Å². The molecule has 138 valence electrons. The molecule has 6 heteroatoms. The zero-order chi connectivity index (χ0) is 18.1. The second-order valence-corrected chi connectivity index (χ2v) is 7.83. The number of hydrogen-bond donors (Lipinski definition) is 0. The Kier molecular flexibility index (Phi) is 4.98. The molecule has 1 aliphatic heterocycles. The van der Waals surface area contributed by atoms with Crippen LogP contribution in [-0.4, -0.2) is 47.0 Å². The number of nitrogens with zero attached hydrogens (tertiary/aromatic N) is 4. The van der Waals surface area contributed by atoms with Crippen molar-refractivity contribution in [2.45, 2.75) is 44.9 Å². The second-order valence-electron chi connectivity index (χ2n) is 7.39. The van der Waals surface area contributed by atoms with Crippen molar-refractivity contribution >= 4 is 34.2 Å². The Morgan fingerprint density at radius 3 is 2.50 bits per heavy atom. The van der Waals surface area contributed by atoms with Gasteiger partial charge in [0.05, 0.1) is 5.52 Å². The summed E-state index contributed by atoms with van der Waals surface area (Å²) >= 11 is 6.26. The summed E-state index contributed by atoms with van der Waals surface area (Å²) in [6, 6.07) is 5.87. The van der Waals surface area contributed by atoms with Gasteiger partial charge in [0.2, 0.25) is 5.91 Å². The lowest BCUT2D eigenvalue weighted by atomic mass is 9.88. The Morgan fingerprint density at radius 2 is 1.81 bits per heavy atom. The maximum Gasteiger partial charge on any atom is 0.219 e. The van der Waals surface area contributed by atoms with Crippen molar-refractivity contribution < 1.29 is 4.79 Å². The van der Waals surface area contributed by atoms with Crippen LogP contribution in [0.15, 0.2) is 18.2 Å². The van der Waals surface area contributed by atoms with Gasteiger partial charge in [0, 0.05) is 49.4 Å². The fourth-order valence-electron chi connectivity index (χ4n) is 4.12. The van der Waals surface area contributed by atoms with Crippen molar-refractivity contribution in [3.63, 3.8) is 0 Å². The Balaban J connectivity index is 1.71. The molecular formula is C20H25ClN4O. The van der Waals surface area contributed by atoms with Crippen LogP contribution in [0, 0.1) is 0 Å². The molecule has 1 saturated heterocycles. The van der Waals surface area contributed by atoms with E-state index in [1.165, 1.54) is 32.1 Å². The molecule has 0 spiro atoms. The molecular weight excluding hydrogens is 348 g/mol. The molecule has 2 aliphatic rings. The molecule has 0 unspecified atom stereocenters. The summed E-state index contributed by atoms with van der Waals surface area (Å²) in [5.41, 5.74) is 0.967. The number of halogens is 1. The summed E-state index contributed by atoms with van der Waals surface area (Å²) in [4.78, 5) is 25.7. The molecule has 2 aromatic rings. The van der Waals surface area contributed by atoms with E-state index in [2.05, 4.69) is 4.90 Å². The van der Waals surface area contributed by atoms with Crippen LogP contribution in [0.3, 0.4) is 0 Å². The predicted molar refractivity (Wildman–Crippen MR) is 105 cm³/mol. The van der Waals surface area contributed by atoms with Gasteiger partial charge in [-0.25, -0.2) is 9.97 Å². The van der Waals surface area contributed by atoms with E-state index < -0.39 is 0 Å². The van der Waals surface area contributed by atoms with Gasteiger partial charge < -0.3 is 9.80 Å². The first-order valence-electron chi connectivity index (χ1n) is 9.59. The number of aromatic nitrogens is 2. The minimum atomic E-state index is 0.142. The fraction of sp³-hybridized carbons (Fsp3) is 0.550. The third kappa shape index (κ3) is 3.50. The van der Waals surface area contributed by atoms with Crippen LogP contribution in [0.25, 0.3) is 10.9 Å². The van der Waals surface area contributed by atoms with Crippen molar-refractivity contribution in [3.05, 3.63) is 29.0 Å². The first-order chi connectivity index (χ1) is 12.6. The van der Waals surface area contributed by atoms with E-state index in [-0.39, 0.29) is 5.91 Å². The highest BCUT2D eigenvalue weighted by atomic mass is 35.5. The largest absolute Gasteiger partial charge is 0.352 e. The topological polar surface area (TPSA) is 49.3 Å². The third-order valence-corrected chi connectivity index (χ3v) is 5.88. The van der Waals surface area contributed by atoms with Crippen LogP contribution in [0.2, 0.25) is 5.02 Å². The molecule has 1 saturated carbocycles. The van der Waals surface area contributed by atoms with Crippen LogP contribution < -0.4 is 4.90 Å². The van der Waals surface area contributed by atoms with E-state index in [1.807, 2.05) is 23.1 Å². The maximum atomic E-state index is 11.6. The van der Waals surface area contributed by atoms with Gasteiger partial charge in [-0.1, -0.05) is 30.9 Å². The highest BCUT2D eigenvalue weighted by Gasteiger charge is 2.25. The normalized spacial score (nSPS) is 19.2. The Morgan fingerprint density at radius 1 is 1.08 bits per heavy atom. The summed E-state index contributed by atoms with van der Waals surface area (Å²) in [6.45, 7) is 4.70. The number of piperazine rings is 1. The molecule has 0 bridgehead atoms. The smallest absolute Gasteiger partial charge is 0.219 e. The fourth-order valence-corrected chi connectivity index (χ4v) is 4.29.